The summed E-state index contributed by atoms with van der Waals surface area (Å²) >= 11 is 0. The molecular weight excluding hydrogens is 300 g/mol. The second-order valence-electron chi connectivity index (χ2n) is 6.47. The van der Waals surface area contributed by atoms with Crippen molar-refractivity contribution in [3.8, 4) is 0 Å². The summed E-state index contributed by atoms with van der Waals surface area (Å²) in [5.41, 5.74) is 3.80. The molecule has 3 rings (SSSR count). The second-order valence-corrected chi connectivity index (χ2v) is 6.47. The molecule has 0 radical (unpaired) electrons. The first-order valence-electron chi connectivity index (χ1n) is 8.31. The number of nitrogens with zero attached hydrogens (tertiary/aromatic N) is 1. The quantitative estimate of drug-likeness (QED) is 0.940. The number of carbonyl (C=O) groups is 2. The Bertz CT molecular complexity index is 768. The Labute approximate surface area is 142 Å². The van der Waals surface area contributed by atoms with Crippen molar-refractivity contribution < 1.29 is 9.59 Å². The van der Waals surface area contributed by atoms with E-state index in [4.69, 9.17) is 0 Å². The third kappa shape index (κ3) is 3.48. The van der Waals surface area contributed by atoms with E-state index in [1.165, 1.54) is 11.1 Å². The van der Waals surface area contributed by atoms with Crippen LogP contribution in [0.15, 0.2) is 48.5 Å². The van der Waals surface area contributed by atoms with Gasteiger partial charge in [0.05, 0.1) is 0 Å². The van der Waals surface area contributed by atoms with Gasteiger partial charge in [0.2, 0.25) is 5.91 Å². The van der Waals surface area contributed by atoms with Crippen LogP contribution >= 0.6 is 0 Å². The SMILES string of the molecule is CC(C)C(=O)Nc1cccc(C(=O)N2CCc3ccccc3C2)c1. The van der Waals surface area contributed by atoms with E-state index in [-0.39, 0.29) is 17.7 Å². The number of anilines is 1. The first-order chi connectivity index (χ1) is 11.5. The maximum absolute atomic E-state index is 12.8. The van der Waals surface area contributed by atoms with E-state index in [9.17, 15) is 9.59 Å². The van der Waals surface area contributed by atoms with Crippen molar-refractivity contribution in [3.63, 3.8) is 0 Å². The highest BCUT2D eigenvalue weighted by Crippen LogP contribution is 2.21. The summed E-state index contributed by atoms with van der Waals surface area (Å²) in [5, 5.41) is 2.85. The van der Waals surface area contributed by atoms with Gasteiger partial charge < -0.3 is 10.2 Å². The van der Waals surface area contributed by atoms with E-state index in [2.05, 4.69) is 17.4 Å². The van der Waals surface area contributed by atoms with E-state index in [0.717, 1.165) is 13.0 Å². The summed E-state index contributed by atoms with van der Waals surface area (Å²) in [6, 6.07) is 15.4. The molecule has 1 heterocycles. The molecule has 24 heavy (non-hydrogen) atoms. The van der Waals surface area contributed by atoms with E-state index < -0.39 is 0 Å². The zero-order valence-electron chi connectivity index (χ0n) is 14.1. The Morgan fingerprint density at radius 3 is 2.54 bits per heavy atom. The fraction of sp³-hybridized carbons (Fsp3) is 0.300. The van der Waals surface area contributed by atoms with Crippen LogP contribution in [0.5, 0.6) is 0 Å². The number of hydrogen-bond donors (Lipinski definition) is 1. The van der Waals surface area contributed by atoms with Gasteiger partial charge in [-0.3, -0.25) is 9.59 Å². The minimum atomic E-state index is -0.0945. The van der Waals surface area contributed by atoms with Gasteiger partial charge in [-0.15, -0.1) is 0 Å². The molecule has 0 unspecified atom stereocenters. The largest absolute Gasteiger partial charge is 0.334 e. The highest BCUT2D eigenvalue weighted by atomic mass is 16.2. The molecule has 0 saturated carbocycles. The van der Waals surface area contributed by atoms with Crippen LogP contribution in [-0.2, 0) is 17.8 Å². The predicted octanol–water partition coefficient (Wildman–Crippen LogP) is 3.48. The topological polar surface area (TPSA) is 49.4 Å². The van der Waals surface area contributed by atoms with Gasteiger partial charge in [0, 0.05) is 30.3 Å². The average molecular weight is 322 g/mol. The Balaban J connectivity index is 1.75. The van der Waals surface area contributed by atoms with Gasteiger partial charge in [0.15, 0.2) is 0 Å². The van der Waals surface area contributed by atoms with Gasteiger partial charge in [-0.25, -0.2) is 0 Å². The number of amides is 2. The Morgan fingerprint density at radius 1 is 1.04 bits per heavy atom. The summed E-state index contributed by atoms with van der Waals surface area (Å²) in [7, 11) is 0. The third-order valence-electron chi connectivity index (χ3n) is 4.32. The zero-order valence-corrected chi connectivity index (χ0v) is 14.1. The molecule has 0 atom stereocenters. The third-order valence-corrected chi connectivity index (χ3v) is 4.32. The van der Waals surface area contributed by atoms with E-state index in [1.807, 2.05) is 36.9 Å². The van der Waals surface area contributed by atoms with Gasteiger partial charge in [0.25, 0.3) is 5.91 Å². The van der Waals surface area contributed by atoms with E-state index >= 15 is 0 Å². The maximum Gasteiger partial charge on any atom is 0.254 e. The molecule has 0 bridgehead atoms. The minimum Gasteiger partial charge on any atom is -0.334 e. The lowest BCUT2D eigenvalue weighted by atomic mass is 9.99. The fourth-order valence-electron chi connectivity index (χ4n) is 2.87. The van der Waals surface area contributed by atoms with Gasteiger partial charge in [-0.1, -0.05) is 44.2 Å². The molecule has 0 saturated heterocycles. The number of carbonyl (C=O) groups excluding carboxylic acids is 2. The molecule has 4 heteroatoms. The number of hydrogen-bond acceptors (Lipinski definition) is 2. The van der Waals surface area contributed by atoms with E-state index in [1.54, 1.807) is 18.2 Å². The van der Waals surface area contributed by atoms with Gasteiger partial charge in [-0.05, 0) is 35.7 Å². The van der Waals surface area contributed by atoms with Crippen LogP contribution in [-0.4, -0.2) is 23.3 Å². The molecule has 0 aliphatic carbocycles. The van der Waals surface area contributed by atoms with Crippen molar-refractivity contribution >= 4 is 17.5 Å². The Morgan fingerprint density at radius 2 is 1.79 bits per heavy atom. The van der Waals surface area contributed by atoms with Crippen molar-refractivity contribution in [2.75, 3.05) is 11.9 Å². The summed E-state index contributed by atoms with van der Waals surface area (Å²) in [6.45, 7) is 5.04. The van der Waals surface area contributed by atoms with Gasteiger partial charge in [-0.2, -0.15) is 0 Å². The first-order valence-corrected chi connectivity index (χ1v) is 8.31. The highest BCUT2D eigenvalue weighted by Gasteiger charge is 2.21. The fourth-order valence-corrected chi connectivity index (χ4v) is 2.87. The van der Waals surface area contributed by atoms with Crippen molar-refractivity contribution in [2.45, 2.75) is 26.8 Å². The van der Waals surface area contributed by atoms with Crippen molar-refractivity contribution in [3.05, 3.63) is 65.2 Å². The minimum absolute atomic E-state index is 0.00477. The molecule has 0 aromatic heterocycles. The summed E-state index contributed by atoms with van der Waals surface area (Å²) in [5.74, 6) is -0.139. The van der Waals surface area contributed by atoms with Gasteiger partial charge >= 0.3 is 0 Å². The van der Waals surface area contributed by atoms with E-state index in [0.29, 0.717) is 17.8 Å². The molecule has 124 valence electrons. The standard InChI is InChI=1S/C20H22N2O2/c1-14(2)19(23)21-18-9-5-8-16(12-18)20(24)22-11-10-15-6-3-4-7-17(15)13-22/h3-9,12,14H,10-11,13H2,1-2H3,(H,21,23). The summed E-state index contributed by atoms with van der Waals surface area (Å²) in [6.07, 6.45) is 0.881. The lowest BCUT2D eigenvalue weighted by molar-refractivity contribution is -0.118. The van der Waals surface area contributed by atoms with Crippen LogP contribution < -0.4 is 5.32 Å². The monoisotopic (exact) mass is 322 g/mol. The number of rotatable bonds is 3. The molecular formula is C20H22N2O2. The predicted molar refractivity (Wildman–Crippen MR) is 94.8 cm³/mol. The van der Waals surface area contributed by atoms with Crippen LogP contribution in [0.25, 0.3) is 0 Å². The Kier molecular flexibility index (Phi) is 4.65. The lowest BCUT2D eigenvalue weighted by Crippen LogP contribution is -2.35. The molecule has 2 aromatic rings. The van der Waals surface area contributed by atoms with Crippen molar-refractivity contribution in [1.82, 2.24) is 4.90 Å². The molecule has 4 nitrogen and oxygen atoms in total. The average Bonchev–Trinajstić information content (AvgIpc) is 2.60. The molecule has 0 fully saturated rings. The maximum atomic E-state index is 12.8. The zero-order chi connectivity index (χ0) is 17.1. The summed E-state index contributed by atoms with van der Waals surface area (Å²) in [4.78, 5) is 26.5. The normalized spacial score (nSPS) is 13.5. The number of nitrogens with one attached hydrogen (secondary N) is 1. The van der Waals surface area contributed by atoms with Crippen molar-refractivity contribution in [2.24, 2.45) is 5.92 Å². The molecule has 1 aliphatic heterocycles. The molecule has 2 aromatic carbocycles. The van der Waals surface area contributed by atoms with Crippen molar-refractivity contribution in [1.29, 1.82) is 0 Å². The van der Waals surface area contributed by atoms with Gasteiger partial charge in [0.1, 0.15) is 0 Å². The highest BCUT2D eigenvalue weighted by molar-refractivity contribution is 5.97. The molecule has 2 amide bonds. The van der Waals surface area contributed by atoms with Crippen LogP contribution in [0.3, 0.4) is 0 Å². The van der Waals surface area contributed by atoms with Crippen LogP contribution in [0.2, 0.25) is 0 Å². The first kappa shape index (κ1) is 16.2. The number of fused-ring (bicyclic) bond motifs is 1. The molecule has 1 aliphatic rings. The van der Waals surface area contributed by atoms with Crippen LogP contribution in [0, 0.1) is 5.92 Å². The lowest BCUT2D eigenvalue weighted by Gasteiger charge is -2.29. The molecule has 1 N–H and O–H groups in total. The number of benzene rings is 2. The van der Waals surface area contributed by atoms with Crippen LogP contribution in [0.1, 0.15) is 35.3 Å². The Hall–Kier alpha value is -2.62. The summed E-state index contributed by atoms with van der Waals surface area (Å²) < 4.78 is 0. The van der Waals surface area contributed by atoms with Crippen LogP contribution in [0.4, 0.5) is 5.69 Å². The second kappa shape index (κ2) is 6.87. The molecule has 0 spiro atoms. The smallest absolute Gasteiger partial charge is 0.254 e.